The monoisotopic (exact) mass is 420 g/mol. The van der Waals surface area contributed by atoms with Crippen LogP contribution in [0.15, 0.2) is 53.1 Å². The van der Waals surface area contributed by atoms with E-state index >= 15 is 0 Å². The van der Waals surface area contributed by atoms with E-state index in [1.165, 1.54) is 6.92 Å². The topological polar surface area (TPSA) is 97.6 Å². The molecule has 4 rings (SSSR count). The highest BCUT2D eigenvalue weighted by Crippen LogP contribution is 2.29. The van der Waals surface area contributed by atoms with Crippen molar-refractivity contribution in [1.29, 1.82) is 0 Å². The van der Waals surface area contributed by atoms with Crippen LogP contribution in [0, 0.1) is 0 Å². The first kappa shape index (κ1) is 20.6. The Bertz CT molecular complexity index is 1050. The molecule has 1 saturated heterocycles. The maximum absolute atomic E-state index is 12.7. The van der Waals surface area contributed by atoms with E-state index in [0.29, 0.717) is 36.1 Å². The number of hydrogen-bond donors (Lipinski definition) is 1. The van der Waals surface area contributed by atoms with Gasteiger partial charge in [-0.3, -0.25) is 9.59 Å². The molecule has 1 N–H and O–H groups in total. The zero-order chi connectivity index (χ0) is 21.8. The lowest BCUT2D eigenvalue weighted by molar-refractivity contribution is -0.114. The third-order valence-electron chi connectivity index (χ3n) is 5.37. The van der Waals surface area contributed by atoms with Crippen LogP contribution >= 0.6 is 0 Å². The van der Waals surface area contributed by atoms with E-state index in [2.05, 4.69) is 15.5 Å². The number of nitrogens with zero attached hydrogens (tertiary/aromatic N) is 3. The van der Waals surface area contributed by atoms with Gasteiger partial charge in [-0.15, -0.1) is 0 Å². The summed E-state index contributed by atoms with van der Waals surface area (Å²) < 4.78 is 10.7. The fraction of sp³-hybridized carbons (Fsp3) is 0.304. The second-order valence-electron chi connectivity index (χ2n) is 7.51. The van der Waals surface area contributed by atoms with E-state index < -0.39 is 0 Å². The number of benzene rings is 2. The van der Waals surface area contributed by atoms with Crippen molar-refractivity contribution in [3.63, 3.8) is 0 Å². The van der Waals surface area contributed by atoms with Gasteiger partial charge in [0.1, 0.15) is 5.75 Å². The Balaban J connectivity index is 1.36. The van der Waals surface area contributed by atoms with Crippen LogP contribution in [0.1, 0.15) is 41.9 Å². The van der Waals surface area contributed by atoms with Crippen molar-refractivity contribution in [2.24, 2.45) is 0 Å². The van der Waals surface area contributed by atoms with Crippen LogP contribution in [-0.4, -0.2) is 47.1 Å². The SMILES string of the molecule is COc1ccc(C(=O)N2CCC(c3nc(-c4ccc(NC(C)=O)cc4)no3)CC2)cc1. The van der Waals surface area contributed by atoms with Gasteiger partial charge in [-0.05, 0) is 61.4 Å². The zero-order valence-electron chi connectivity index (χ0n) is 17.5. The van der Waals surface area contributed by atoms with Gasteiger partial charge in [-0.1, -0.05) is 5.16 Å². The summed E-state index contributed by atoms with van der Waals surface area (Å²) in [6, 6.07) is 14.5. The van der Waals surface area contributed by atoms with Crippen molar-refractivity contribution in [3.05, 3.63) is 60.0 Å². The van der Waals surface area contributed by atoms with Crippen molar-refractivity contribution in [2.45, 2.75) is 25.7 Å². The van der Waals surface area contributed by atoms with Gasteiger partial charge in [0.15, 0.2) is 0 Å². The van der Waals surface area contributed by atoms with Crippen molar-refractivity contribution in [3.8, 4) is 17.1 Å². The molecule has 1 aliphatic heterocycles. The number of piperidine rings is 1. The largest absolute Gasteiger partial charge is 0.497 e. The molecule has 31 heavy (non-hydrogen) atoms. The van der Waals surface area contributed by atoms with Crippen LogP contribution in [0.3, 0.4) is 0 Å². The van der Waals surface area contributed by atoms with Gasteiger partial charge < -0.3 is 19.5 Å². The summed E-state index contributed by atoms with van der Waals surface area (Å²) in [5.41, 5.74) is 2.19. The summed E-state index contributed by atoms with van der Waals surface area (Å²) in [5.74, 6) is 1.86. The van der Waals surface area contributed by atoms with Gasteiger partial charge in [0.25, 0.3) is 5.91 Å². The minimum absolute atomic E-state index is 0.0200. The smallest absolute Gasteiger partial charge is 0.253 e. The van der Waals surface area contributed by atoms with Crippen LogP contribution in [0.25, 0.3) is 11.4 Å². The van der Waals surface area contributed by atoms with Gasteiger partial charge in [-0.2, -0.15) is 4.98 Å². The Morgan fingerprint density at radius 2 is 1.74 bits per heavy atom. The van der Waals surface area contributed by atoms with Crippen LogP contribution in [-0.2, 0) is 4.79 Å². The molecule has 3 aromatic rings. The van der Waals surface area contributed by atoms with E-state index in [4.69, 9.17) is 9.26 Å². The Morgan fingerprint density at radius 3 is 2.35 bits per heavy atom. The number of rotatable bonds is 5. The molecule has 0 radical (unpaired) electrons. The van der Waals surface area contributed by atoms with Crippen molar-refractivity contribution in [1.82, 2.24) is 15.0 Å². The average molecular weight is 420 g/mol. The molecule has 0 saturated carbocycles. The Labute approximate surface area is 180 Å². The number of likely N-dealkylation sites (tertiary alicyclic amines) is 1. The lowest BCUT2D eigenvalue weighted by Gasteiger charge is -2.30. The standard InChI is InChI=1S/C23H24N4O4/c1-15(28)24-19-7-3-16(4-8-19)21-25-22(31-26-21)17-11-13-27(14-12-17)23(29)18-5-9-20(30-2)10-6-18/h3-10,17H,11-14H2,1-2H3,(H,24,28). The van der Waals surface area contributed by atoms with Gasteiger partial charge in [0.2, 0.25) is 17.6 Å². The van der Waals surface area contributed by atoms with E-state index in [1.807, 2.05) is 17.0 Å². The number of anilines is 1. The first-order valence-corrected chi connectivity index (χ1v) is 10.2. The molecule has 2 heterocycles. The zero-order valence-corrected chi connectivity index (χ0v) is 17.5. The molecule has 1 aromatic heterocycles. The van der Waals surface area contributed by atoms with E-state index in [-0.39, 0.29) is 17.7 Å². The summed E-state index contributed by atoms with van der Waals surface area (Å²) in [4.78, 5) is 30.3. The summed E-state index contributed by atoms with van der Waals surface area (Å²) in [6.07, 6.45) is 1.54. The predicted molar refractivity (Wildman–Crippen MR) is 115 cm³/mol. The number of carbonyl (C=O) groups excluding carboxylic acids is 2. The van der Waals surface area contributed by atoms with Gasteiger partial charge >= 0.3 is 0 Å². The molecule has 2 aromatic carbocycles. The molecule has 0 bridgehead atoms. The summed E-state index contributed by atoms with van der Waals surface area (Å²) in [6.45, 7) is 2.74. The molecule has 0 unspecified atom stereocenters. The highest BCUT2D eigenvalue weighted by atomic mass is 16.5. The third-order valence-corrected chi connectivity index (χ3v) is 5.37. The first-order chi connectivity index (χ1) is 15.0. The quantitative estimate of drug-likeness (QED) is 0.676. The van der Waals surface area contributed by atoms with Gasteiger partial charge in [-0.25, -0.2) is 0 Å². The normalized spacial score (nSPS) is 14.3. The van der Waals surface area contributed by atoms with E-state index in [1.54, 1.807) is 43.5 Å². The van der Waals surface area contributed by atoms with Crippen LogP contribution in [0.5, 0.6) is 5.75 Å². The minimum atomic E-state index is -0.119. The Hall–Kier alpha value is -3.68. The molecular formula is C23H24N4O4. The number of carbonyl (C=O) groups is 2. The molecule has 8 nitrogen and oxygen atoms in total. The Morgan fingerprint density at radius 1 is 1.06 bits per heavy atom. The summed E-state index contributed by atoms with van der Waals surface area (Å²) in [7, 11) is 1.60. The number of nitrogens with one attached hydrogen (secondary N) is 1. The molecule has 160 valence electrons. The fourth-order valence-electron chi connectivity index (χ4n) is 3.67. The van der Waals surface area contributed by atoms with Gasteiger partial charge in [0.05, 0.1) is 7.11 Å². The lowest BCUT2D eigenvalue weighted by atomic mass is 9.96. The number of aromatic nitrogens is 2. The van der Waals surface area contributed by atoms with Crippen molar-refractivity contribution >= 4 is 17.5 Å². The molecule has 0 spiro atoms. The van der Waals surface area contributed by atoms with Crippen LogP contribution in [0.2, 0.25) is 0 Å². The lowest BCUT2D eigenvalue weighted by Crippen LogP contribution is -2.37. The molecule has 2 amide bonds. The van der Waals surface area contributed by atoms with Crippen molar-refractivity contribution < 1.29 is 18.8 Å². The first-order valence-electron chi connectivity index (χ1n) is 10.2. The van der Waals surface area contributed by atoms with Crippen LogP contribution < -0.4 is 10.1 Å². The van der Waals surface area contributed by atoms with Crippen molar-refractivity contribution in [2.75, 3.05) is 25.5 Å². The molecule has 0 aliphatic carbocycles. The minimum Gasteiger partial charge on any atom is -0.497 e. The number of amides is 2. The maximum atomic E-state index is 12.7. The third kappa shape index (κ3) is 4.74. The second-order valence-corrected chi connectivity index (χ2v) is 7.51. The number of methoxy groups -OCH3 is 1. The van der Waals surface area contributed by atoms with E-state index in [0.717, 1.165) is 24.2 Å². The number of ether oxygens (including phenoxy) is 1. The average Bonchev–Trinajstić information content (AvgIpc) is 3.29. The molecule has 1 aliphatic rings. The fourth-order valence-corrected chi connectivity index (χ4v) is 3.67. The highest BCUT2D eigenvalue weighted by molar-refractivity contribution is 5.94. The predicted octanol–water partition coefficient (Wildman–Crippen LogP) is 3.72. The second kappa shape index (κ2) is 8.99. The molecule has 0 atom stereocenters. The molecule has 1 fully saturated rings. The van der Waals surface area contributed by atoms with Gasteiger partial charge in [0, 0.05) is 42.7 Å². The summed E-state index contributed by atoms with van der Waals surface area (Å²) in [5, 5.41) is 6.83. The van der Waals surface area contributed by atoms with Crippen LogP contribution in [0.4, 0.5) is 5.69 Å². The summed E-state index contributed by atoms with van der Waals surface area (Å²) >= 11 is 0. The molecule has 8 heteroatoms. The van der Waals surface area contributed by atoms with E-state index in [9.17, 15) is 9.59 Å². The highest BCUT2D eigenvalue weighted by Gasteiger charge is 2.28. The Kier molecular flexibility index (Phi) is 5.97. The maximum Gasteiger partial charge on any atom is 0.253 e. The number of hydrogen-bond acceptors (Lipinski definition) is 6. The molecular weight excluding hydrogens is 396 g/mol.